The van der Waals surface area contributed by atoms with Gasteiger partial charge in [0.25, 0.3) is 0 Å². The molecule has 3 N–H and O–H groups in total. The summed E-state index contributed by atoms with van der Waals surface area (Å²) in [6, 6.07) is 0. The summed E-state index contributed by atoms with van der Waals surface area (Å²) < 4.78 is 68.0. The Morgan fingerprint density at radius 1 is 0.322 bits per heavy atom. The summed E-state index contributed by atoms with van der Waals surface area (Å²) in [6.45, 7) is 9.39. The van der Waals surface area contributed by atoms with Crippen molar-refractivity contribution in [2.45, 2.75) is 381 Å². The summed E-state index contributed by atoms with van der Waals surface area (Å²) >= 11 is 0. The van der Waals surface area contributed by atoms with Crippen LogP contribution in [0.25, 0.3) is 0 Å². The second kappa shape index (κ2) is 63.1. The Morgan fingerprint density at radius 3 is 0.844 bits per heavy atom. The Labute approximate surface area is 549 Å². The number of hydrogen-bond acceptors (Lipinski definition) is 15. The SMILES string of the molecule is CCCCCCCCCCCCCCCCCCCCCCCCC(=O)O[C@H](COC(=O)CCCCCCCCCCCCC(C)CC)COP(=O)(O)OC[C@@H](O)COP(=O)(O)OC[C@@H](COC(=O)CCCCCCC)OC(=O)CCCCCCCCC(C)C. The molecule has 0 aromatic carbocycles. The summed E-state index contributed by atoms with van der Waals surface area (Å²) in [5.74, 6) is -0.662. The van der Waals surface area contributed by atoms with Gasteiger partial charge in [0, 0.05) is 25.7 Å². The van der Waals surface area contributed by atoms with Crippen LogP contribution in [0.15, 0.2) is 0 Å². The van der Waals surface area contributed by atoms with Crippen LogP contribution in [0, 0.1) is 11.8 Å². The third-order valence-corrected chi connectivity index (χ3v) is 18.7. The molecule has 0 amide bonds. The molecular formula is C71H138O17P2. The van der Waals surface area contributed by atoms with E-state index >= 15 is 0 Å². The highest BCUT2D eigenvalue weighted by atomic mass is 31.2. The molecule has 17 nitrogen and oxygen atoms in total. The minimum Gasteiger partial charge on any atom is -0.462 e. The summed E-state index contributed by atoms with van der Waals surface area (Å²) in [5.41, 5.74) is 0. The Kier molecular flexibility index (Phi) is 61.8. The molecular weight excluding hydrogens is 1190 g/mol. The highest BCUT2D eigenvalue weighted by Crippen LogP contribution is 2.45. The fourth-order valence-electron chi connectivity index (χ4n) is 10.7. The van der Waals surface area contributed by atoms with Gasteiger partial charge in [-0.05, 0) is 37.5 Å². The fourth-order valence-corrected chi connectivity index (χ4v) is 12.3. The molecule has 0 bridgehead atoms. The Balaban J connectivity index is 5.09. The average molecular weight is 1330 g/mol. The van der Waals surface area contributed by atoms with Crippen LogP contribution in [-0.4, -0.2) is 96.7 Å². The van der Waals surface area contributed by atoms with E-state index in [1.807, 2.05) is 0 Å². The highest BCUT2D eigenvalue weighted by Gasteiger charge is 2.30. The molecule has 0 aromatic heterocycles. The van der Waals surface area contributed by atoms with E-state index < -0.39 is 97.5 Å². The number of carbonyl (C=O) groups is 4. The lowest BCUT2D eigenvalue weighted by Crippen LogP contribution is -2.30. The average Bonchev–Trinajstić information content (AvgIpc) is 2.75. The first-order chi connectivity index (χ1) is 43.4. The van der Waals surface area contributed by atoms with Crippen molar-refractivity contribution in [2.24, 2.45) is 11.8 Å². The van der Waals surface area contributed by atoms with Gasteiger partial charge in [0.05, 0.1) is 26.4 Å². The van der Waals surface area contributed by atoms with Gasteiger partial charge in [0.1, 0.15) is 19.3 Å². The first-order valence-corrected chi connectivity index (χ1v) is 40.0. The molecule has 0 aliphatic carbocycles. The van der Waals surface area contributed by atoms with E-state index in [1.54, 1.807) is 0 Å². The van der Waals surface area contributed by atoms with Crippen LogP contribution >= 0.6 is 15.6 Å². The number of esters is 4. The minimum absolute atomic E-state index is 0.101. The Bertz CT molecular complexity index is 1750. The number of carbonyl (C=O) groups excluding carboxylic acids is 4. The second-order valence-corrected chi connectivity index (χ2v) is 29.3. The monoisotopic (exact) mass is 1320 g/mol. The molecule has 0 aromatic rings. The lowest BCUT2D eigenvalue weighted by Gasteiger charge is -2.21. The predicted molar refractivity (Wildman–Crippen MR) is 363 cm³/mol. The predicted octanol–water partition coefficient (Wildman–Crippen LogP) is 20.4. The number of aliphatic hydroxyl groups excluding tert-OH is 1. The van der Waals surface area contributed by atoms with E-state index in [0.717, 1.165) is 102 Å². The van der Waals surface area contributed by atoms with Crippen molar-refractivity contribution < 1.29 is 80.2 Å². The van der Waals surface area contributed by atoms with Crippen molar-refractivity contribution in [2.75, 3.05) is 39.6 Å². The van der Waals surface area contributed by atoms with Crippen LogP contribution in [-0.2, 0) is 65.4 Å². The zero-order valence-electron chi connectivity index (χ0n) is 58.4. The van der Waals surface area contributed by atoms with E-state index in [-0.39, 0.29) is 25.7 Å². The maximum Gasteiger partial charge on any atom is 0.472 e. The van der Waals surface area contributed by atoms with E-state index in [1.165, 1.54) is 173 Å². The largest absolute Gasteiger partial charge is 0.472 e. The summed E-state index contributed by atoms with van der Waals surface area (Å²) in [7, 11) is -9.89. The van der Waals surface area contributed by atoms with Crippen LogP contribution in [0.4, 0.5) is 0 Å². The van der Waals surface area contributed by atoms with Gasteiger partial charge in [0.2, 0.25) is 0 Å². The first-order valence-electron chi connectivity index (χ1n) is 37.0. The van der Waals surface area contributed by atoms with Gasteiger partial charge < -0.3 is 33.8 Å². The number of ether oxygens (including phenoxy) is 4. The molecule has 90 heavy (non-hydrogen) atoms. The quantitative estimate of drug-likeness (QED) is 0.0222. The number of hydrogen-bond donors (Lipinski definition) is 3. The molecule has 0 rings (SSSR count). The molecule has 534 valence electrons. The molecule has 0 saturated heterocycles. The van der Waals surface area contributed by atoms with Crippen molar-refractivity contribution in [3.63, 3.8) is 0 Å². The molecule has 0 saturated carbocycles. The smallest absolute Gasteiger partial charge is 0.462 e. The zero-order valence-corrected chi connectivity index (χ0v) is 60.2. The van der Waals surface area contributed by atoms with Crippen LogP contribution in [0.3, 0.4) is 0 Å². The van der Waals surface area contributed by atoms with Crippen LogP contribution < -0.4 is 0 Å². The molecule has 0 radical (unpaired) electrons. The van der Waals surface area contributed by atoms with Gasteiger partial charge in [-0.1, -0.05) is 311 Å². The van der Waals surface area contributed by atoms with Gasteiger partial charge in [-0.3, -0.25) is 37.3 Å². The van der Waals surface area contributed by atoms with Crippen LogP contribution in [0.1, 0.15) is 363 Å². The van der Waals surface area contributed by atoms with Crippen LogP contribution in [0.5, 0.6) is 0 Å². The normalized spacial score (nSPS) is 14.4. The molecule has 6 atom stereocenters. The number of phosphoric acid groups is 2. The second-order valence-electron chi connectivity index (χ2n) is 26.3. The molecule has 0 fully saturated rings. The molecule has 3 unspecified atom stereocenters. The van der Waals surface area contributed by atoms with Gasteiger partial charge in [-0.25, -0.2) is 9.13 Å². The fraction of sp³-hybridized carbons (Fsp3) is 0.944. The minimum atomic E-state index is -4.95. The van der Waals surface area contributed by atoms with Gasteiger partial charge in [-0.2, -0.15) is 0 Å². The van der Waals surface area contributed by atoms with E-state index in [9.17, 15) is 43.2 Å². The van der Waals surface area contributed by atoms with Gasteiger partial charge in [-0.15, -0.1) is 0 Å². The third-order valence-electron chi connectivity index (χ3n) is 16.8. The number of phosphoric ester groups is 2. The van der Waals surface area contributed by atoms with E-state index in [0.29, 0.717) is 31.6 Å². The molecule has 0 aliphatic heterocycles. The standard InChI is InChI=1S/C71H138O17P2/c1-7-10-12-14-15-16-17-18-19-20-21-22-23-24-25-26-27-28-33-36-43-49-55-70(75)87-67(60-82-69(74)54-48-42-35-32-30-29-31-34-41-46-52-64(6)9-3)62-86-90(79,80)84-58-65(72)57-83-89(77,78)85-61-66(59-81-68(73)53-47-39-13-11-8-2)88-71(76)56-50-44-38-37-40-45-51-63(4)5/h63-67,72H,7-62H2,1-6H3,(H,77,78)(H,79,80)/t64?,65-,66+,67+/m0/s1. The summed E-state index contributed by atoms with van der Waals surface area (Å²) in [6.07, 6.45) is 49.4. The summed E-state index contributed by atoms with van der Waals surface area (Å²) in [4.78, 5) is 72.2. The van der Waals surface area contributed by atoms with Crippen molar-refractivity contribution in [1.29, 1.82) is 0 Å². The van der Waals surface area contributed by atoms with Gasteiger partial charge in [0.15, 0.2) is 12.2 Å². The molecule has 19 heteroatoms. The lowest BCUT2D eigenvalue weighted by atomic mass is 9.99. The molecule has 0 spiro atoms. The first kappa shape index (κ1) is 88.1. The van der Waals surface area contributed by atoms with E-state index in [4.69, 9.17) is 37.0 Å². The third kappa shape index (κ3) is 63.5. The highest BCUT2D eigenvalue weighted by molar-refractivity contribution is 7.47. The van der Waals surface area contributed by atoms with E-state index in [2.05, 4.69) is 41.5 Å². The van der Waals surface area contributed by atoms with Gasteiger partial charge >= 0.3 is 39.5 Å². The molecule has 0 heterocycles. The maximum atomic E-state index is 13.0. The summed E-state index contributed by atoms with van der Waals surface area (Å²) in [5, 5.41) is 10.5. The Hall–Kier alpha value is -1.94. The molecule has 0 aliphatic rings. The zero-order chi connectivity index (χ0) is 66.5. The van der Waals surface area contributed by atoms with Crippen molar-refractivity contribution >= 4 is 39.5 Å². The van der Waals surface area contributed by atoms with Crippen molar-refractivity contribution in [3.8, 4) is 0 Å². The van der Waals surface area contributed by atoms with Crippen molar-refractivity contribution in [1.82, 2.24) is 0 Å². The topological polar surface area (TPSA) is 237 Å². The van der Waals surface area contributed by atoms with Crippen molar-refractivity contribution in [3.05, 3.63) is 0 Å². The van der Waals surface area contributed by atoms with Crippen LogP contribution in [0.2, 0.25) is 0 Å². The number of unbranched alkanes of at least 4 members (excludes halogenated alkanes) is 39. The maximum absolute atomic E-state index is 13.0. The Morgan fingerprint density at radius 2 is 0.567 bits per heavy atom. The number of rotatable bonds is 70. The number of aliphatic hydroxyl groups is 1. The lowest BCUT2D eigenvalue weighted by molar-refractivity contribution is -0.161.